The SMILES string of the molecule is O=C(O)CCCCCCNC(=O)C1CC1c1ccc(F)c(F)c1. The monoisotopic (exact) mass is 325 g/mol. The summed E-state index contributed by atoms with van der Waals surface area (Å²) in [6, 6.07) is 3.78. The molecule has 1 aliphatic rings. The smallest absolute Gasteiger partial charge is 0.303 e. The van der Waals surface area contributed by atoms with Crippen molar-refractivity contribution in [2.75, 3.05) is 6.54 Å². The van der Waals surface area contributed by atoms with Crippen LogP contribution in [0.4, 0.5) is 8.78 Å². The van der Waals surface area contributed by atoms with Gasteiger partial charge in [0.25, 0.3) is 0 Å². The molecule has 0 heterocycles. The average molecular weight is 325 g/mol. The number of carboxylic acids is 1. The maximum absolute atomic E-state index is 13.2. The molecule has 0 saturated heterocycles. The molecule has 4 nitrogen and oxygen atoms in total. The molecule has 0 spiro atoms. The largest absolute Gasteiger partial charge is 0.481 e. The van der Waals surface area contributed by atoms with E-state index >= 15 is 0 Å². The van der Waals surface area contributed by atoms with Gasteiger partial charge in [0.2, 0.25) is 5.91 Å². The Labute approximate surface area is 133 Å². The number of carbonyl (C=O) groups is 2. The van der Waals surface area contributed by atoms with Crippen LogP contribution in [-0.4, -0.2) is 23.5 Å². The van der Waals surface area contributed by atoms with Crippen molar-refractivity contribution in [1.29, 1.82) is 0 Å². The minimum absolute atomic E-state index is 0.0272. The van der Waals surface area contributed by atoms with Crippen LogP contribution in [0.5, 0.6) is 0 Å². The molecule has 1 amide bonds. The summed E-state index contributed by atoms with van der Waals surface area (Å²) >= 11 is 0. The van der Waals surface area contributed by atoms with Crippen LogP contribution < -0.4 is 5.32 Å². The second-order valence-electron chi connectivity index (χ2n) is 5.97. The molecule has 0 radical (unpaired) electrons. The fourth-order valence-corrected chi connectivity index (χ4v) is 2.69. The van der Waals surface area contributed by atoms with Crippen molar-refractivity contribution < 1.29 is 23.5 Å². The molecule has 0 aliphatic heterocycles. The molecule has 1 saturated carbocycles. The highest BCUT2D eigenvalue weighted by atomic mass is 19.2. The maximum Gasteiger partial charge on any atom is 0.303 e. The van der Waals surface area contributed by atoms with Gasteiger partial charge in [-0.15, -0.1) is 0 Å². The zero-order valence-electron chi connectivity index (χ0n) is 12.9. The van der Waals surface area contributed by atoms with E-state index < -0.39 is 17.6 Å². The third-order valence-corrected chi connectivity index (χ3v) is 4.12. The van der Waals surface area contributed by atoms with Gasteiger partial charge in [-0.2, -0.15) is 0 Å². The number of amides is 1. The van der Waals surface area contributed by atoms with E-state index in [1.165, 1.54) is 6.07 Å². The third kappa shape index (κ3) is 5.30. The Bertz CT molecular complexity index is 577. The van der Waals surface area contributed by atoms with Gasteiger partial charge in [-0.1, -0.05) is 18.9 Å². The van der Waals surface area contributed by atoms with E-state index in [2.05, 4.69) is 5.32 Å². The van der Waals surface area contributed by atoms with Crippen LogP contribution >= 0.6 is 0 Å². The summed E-state index contributed by atoms with van der Waals surface area (Å²) in [5.74, 6) is -2.78. The molecule has 0 aromatic heterocycles. The Balaban J connectivity index is 1.62. The summed E-state index contributed by atoms with van der Waals surface area (Å²) < 4.78 is 26.1. The zero-order valence-corrected chi connectivity index (χ0v) is 12.9. The molecule has 2 N–H and O–H groups in total. The Kier molecular flexibility index (Phi) is 6.07. The van der Waals surface area contributed by atoms with Crippen molar-refractivity contribution in [2.45, 2.75) is 44.4 Å². The van der Waals surface area contributed by atoms with Gasteiger partial charge in [0.05, 0.1) is 0 Å². The van der Waals surface area contributed by atoms with Gasteiger partial charge in [0, 0.05) is 18.9 Å². The number of rotatable bonds is 9. The molecular formula is C17H21F2NO3. The normalized spacial score (nSPS) is 19.4. The average Bonchev–Trinajstić information content (AvgIpc) is 3.29. The van der Waals surface area contributed by atoms with Crippen LogP contribution in [0.3, 0.4) is 0 Å². The van der Waals surface area contributed by atoms with E-state index in [0.717, 1.165) is 31.4 Å². The second-order valence-corrected chi connectivity index (χ2v) is 5.97. The van der Waals surface area contributed by atoms with Gasteiger partial charge in [-0.25, -0.2) is 8.78 Å². The molecule has 1 aliphatic carbocycles. The van der Waals surface area contributed by atoms with Gasteiger partial charge in [-0.05, 0) is 42.9 Å². The predicted octanol–water partition coefficient (Wildman–Crippen LogP) is 3.22. The van der Waals surface area contributed by atoms with Crippen molar-refractivity contribution in [3.8, 4) is 0 Å². The molecular weight excluding hydrogens is 304 g/mol. The van der Waals surface area contributed by atoms with Gasteiger partial charge in [0.1, 0.15) is 0 Å². The molecule has 2 rings (SSSR count). The third-order valence-electron chi connectivity index (χ3n) is 4.12. The first-order chi connectivity index (χ1) is 11.0. The van der Waals surface area contributed by atoms with E-state index in [4.69, 9.17) is 5.11 Å². The van der Waals surface area contributed by atoms with Crippen LogP contribution in [0.1, 0.15) is 50.0 Å². The highest BCUT2D eigenvalue weighted by molar-refractivity contribution is 5.82. The zero-order chi connectivity index (χ0) is 16.8. The van der Waals surface area contributed by atoms with Gasteiger partial charge in [-0.3, -0.25) is 9.59 Å². The summed E-state index contributed by atoms with van der Waals surface area (Å²) in [4.78, 5) is 22.3. The lowest BCUT2D eigenvalue weighted by atomic mass is 10.1. The second kappa shape index (κ2) is 8.04. The first-order valence-electron chi connectivity index (χ1n) is 7.93. The summed E-state index contributed by atoms with van der Waals surface area (Å²) in [7, 11) is 0. The van der Waals surface area contributed by atoms with Crippen molar-refractivity contribution in [2.24, 2.45) is 5.92 Å². The number of nitrogens with one attached hydrogen (secondary N) is 1. The van der Waals surface area contributed by atoms with Gasteiger partial charge < -0.3 is 10.4 Å². The molecule has 6 heteroatoms. The predicted molar refractivity (Wildman–Crippen MR) is 80.9 cm³/mol. The fourth-order valence-electron chi connectivity index (χ4n) is 2.69. The number of hydrogen-bond acceptors (Lipinski definition) is 2. The van der Waals surface area contributed by atoms with Crippen molar-refractivity contribution >= 4 is 11.9 Å². The lowest BCUT2D eigenvalue weighted by molar-refractivity contribution is -0.137. The first kappa shape index (κ1) is 17.4. The molecule has 126 valence electrons. The number of unbranched alkanes of at least 4 members (excludes halogenated alkanes) is 3. The first-order valence-corrected chi connectivity index (χ1v) is 7.93. The Morgan fingerprint density at radius 3 is 2.57 bits per heavy atom. The Morgan fingerprint density at radius 1 is 1.13 bits per heavy atom. The highest BCUT2D eigenvalue weighted by Gasteiger charge is 2.43. The summed E-state index contributed by atoms with van der Waals surface area (Å²) in [5.41, 5.74) is 0.665. The number of carboxylic acid groups (broad SMARTS) is 1. The molecule has 1 aromatic rings. The summed E-state index contributed by atoms with van der Waals surface area (Å²) in [6.45, 7) is 0.562. The number of carbonyl (C=O) groups excluding carboxylic acids is 1. The van der Waals surface area contributed by atoms with E-state index in [1.54, 1.807) is 0 Å². The fraction of sp³-hybridized carbons (Fsp3) is 0.529. The van der Waals surface area contributed by atoms with E-state index in [1.807, 2.05) is 0 Å². The van der Waals surface area contributed by atoms with Crippen LogP contribution in [0.2, 0.25) is 0 Å². The molecule has 2 unspecified atom stereocenters. The standard InChI is InChI=1S/C17H21F2NO3/c18-14-7-6-11(9-15(14)19)12-10-13(12)17(23)20-8-4-2-1-3-5-16(21)22/h6-7,9,12-13H,1-5,8,10H2,(H,20,23)(H,21,22). The minimum Gasteiger partial charge on any atom is -0.481 e. The molecule has 1 fully saturated rings. The Hall–Kier alpha value is -1.98. The van der Waals surface area contributed by atoms with Crippen molar-refractivity contribution in [1.82, 2.24) is 5.32 Å². The summed E-state index contributed by atoms with van der Waals surface area (Å²) in [6.07, 6.45) is 4.03. The van der Waals surface area contributed by atoms with Crippen LogP contribution in [0.15, 0.2) is 18.2 Å². The summed E-state index contributed by atoms with van der Waals surface area (Å²) in [5, 5.41) is 11.4. The van der Waals surface area contributed by atoms with Crippen LogP contribution in [0, 0.1) is 17.6 Å². The molecule has 23 heavy (non-hydrogen) atoms. The number of aliphatic carboxylic acids is 1. The van der Waals surface area contributed by atoms with Crippen LogP contribution in [-0.2, 0) is 9.59 Å². The molecule has 2 atom stereocenters. The van der Waals surface area contributed by atoms with Gasteiger partial charge >= 0.3 is 5.97 Å². The lowest BCUT2D eigenvalue weighted by Gasteiger charge is -2.05. The highest BCUT2D eigenvalue weighted by Crippen LogP contribution is 2.47. The number of benzene rings is 1. The van der Waals surface area contributed by atoms with Gasteiger partial charge in [0.15, 0.2) is 11.6 Å². The van der Waals surface area contributed by atoms with Crippen LogP contribution in [0.25, 0.3) is 0 Å². The maximum atomic E-state index is 13.2. The molecule has 1 aromatic carbocycles. The van der Waals surface area contributed by atoms with E-state index in [9.17, 15) is 18.4 Å². The number of hydrogen-bond donors (Lipinski definition) is 2. The minimum atomic E-state index is -0.880. The lowest BCUT2D eigenvalue weighted by Crippen LogP contribution is -2.26. The van der Waals surface area contributed by atoms with E-state index in [-0.39, 0.29) is 24.2 Å². The van der Waals surface area contributed by atoms with E-state index in [0.29, 0.717) is 24.9 Å². The quantitative estimate of drug-likeness (QED) is 0.685. The molecule has 0 bridgehead atoms. The number of halogens is 2. The van der Waals surface area contributed by atoms with Crippen molar-refractivity contribution in [3.63, 3.8) is 0 Å². The Morgan fingerprint density at radius 2 is 1.87 bits per heavy atom. The topological polar surface area (TPSA) is 66.4 Å². The van der Waals surface area contributed by atoms with Crippen molar-refractivity contribution in [3.05, 3.63) is 35.4 Å².